The molecule has 6 nitrogen and oxygen atoms in total. The molecule has 0 bridgehead atoms. The lowest BCUT2D eigenvalue weighted by Gasteiger charge is -2.35. The van der Waals surface area contributed by atoms with Gasteiger partial charge in [0.05, 0.1) is 18.0 Å². The molecule has 1 saturated heterocycles. The fraction of sp³-hybridized carbons (Fsp3) is 0.583. The zero-order valence-electron chi connectivity index (χ0n) is 18.5. The molecule has 1 N–H and O–H groups in total. The van der Waals surface area contributed by atoms with Gasteiger partial charge in [-0.15, -0.1) is 11.8 Å². The van der Waals surface area contributed by atoms with Gasteiger partial charge in [0.2, 0.25) is 11.8 Å². The first kappa shape index (κ1) is 22.2. The minimum atomic E-state index is 0.0582. The molecule has 2 heterocycles. The number of fused-ring (bicyclic) bond motifs is 1. The minimum absolute atomic E-state index is 0.0582. The summed E-state index contributed by atoms with van der Waals surface area (Å²) in [6, 6.07) is 8.44. The molecular formula is C24H33N3O3S. The van der Waals surface area contributed by atoms with Crippen LogP contribution in [0.4, 0.5) is 0 Å². The molecule has 2 unspecified atom stereocenters. The van der Waals surface area contributed by atoms with Crippen LogP contribution in [-0.2, 0) is 20.9 Å². The Morgan fingerprint density at radius 1 is 1.10 bits per heavy atom. The van der Waals surface area contributed by atoms with E-state index >= 15 is 0 Å². The van der Waals surface area contributed by atoms with Crippen molar-refractivity contribution in [2.24, 2.45) is 0 Å². The van der Waals surface area contributed by atoms with E-state index in [-0.39, 0.29) is 24.0 Å². The molecular weight excluding hydrogens is 410 g/mol. The Morgan fingerprint density at radius 2 is 1.81 bits per heavy atom. The Kier molecular flexibility index (Phi) is 7.23. The van der Waals surface area contributed by atoms with Crippen molar-refractivity contribution in [3.8, 4) is 0 Å². The van der Waals surface area contributed by atoms with E-state index in [1.807, 2.05) is 47.7 Å². The molecule has 1 aliphatic heterocycles. The number of para-hydroxylation sites is 1. The number of thioether (sulfide) groups is 1. The number of carbonyl (C=O) groups excluding carboxylic acids is 2. The van der Waals surface area contributed by atoms with Gasteiger partial charge in [-0.2, -0.15) is 0 Å². The summed E-state index contributed by atoms with van der Waals surface area (Å²) in [6.07, 6.45) is 8.02. The number of hydrogen-bond donors (Lipinski definition) is 1. The third-order valence-electron chi connectivity index (χ3n) is 6.16. The van der Waals surface area contributed by atoms with Gasteiger partial charge >= 0.3 is 0 Å². The number of hydrogen-bond acceptors (Lipinski definition) is 4. The largest absolute Gasteiger partial charge is 0.372 e. The van der Waals surface area contributed by atoms with Crippen LogP contribution in [0.25, 0.3) is 10.9 Å². The predicted molar refractivity (Wildman–Crippen MR) is 124 cm³/mol. The smallest absolute Gasteiger partial charge is 0.242 e. The Bertz CT molecular complexity index is 912. The Hall–Kier alpha value is -1.99. The van der Waals surface area contributed by atoms with Crippen LogP contribution < -0.4 is 5.32 Å². The highest BCUT2D eigenvalue weighted by Crippen LogP contribution is 2.30. The molecule has 7 heteroatoms. The first-order valence-corrected chi connectivity index (χ1v) is 12.4. The van der Waals surface area contributed by atoms with Crippen molar-refractivity contribution in [2.45, 2.75) is 75.6 Å². The zero-order chi connectivity index (χ0) is 21.8. The summed E-state index contributed by atoms with van der Waals surface area (Å²) < 4.78 is 7.78. The van der Waals surface area contributed by atoms with Crippen molar-refractivity contribution in [2.75, 3.05) is 18.8 Å². The van der Waals surface area contributed by atoms with Crippen molar-refractivity contribution < 1.29 is 14.3 Å². The summed E-state index contributed by atoms with van der Waals surface area (Å²) in [5.41, 5.74) is 1.03. The molecule has 4 rings (SSSR count). The maximum atomic E-state index is 13.0. The van der Waals surface area contributed by atoms with E-state index < -0.39 is 0 Å². The van der Waals surface area contributed by atoms with E-state index in [2.05, 4.69) is 11.4 Å². The van der Waals surface area contributed by atoms with Gasteiger partial charge in [-0.3, -0.25) is 9.59 Å². The molecule has 1 aromatic carbocycles. The molecule has 2 amide bonds. The van der Waals surface area contributed by atoms with Gasteiger partial charge in [-0.25, -0.2) is 0 Å². The van der Waals surface area contributed by atoms with E-state index in [0.717, 1.165) is 28.6 Å². The number of aromatic nitrogens is 1. The average Bonchev–Trinajstić information content (AvgIpc) is 3.10. The lowest BCUT2D eigenvalue weighted by Crippen LogP contribution is -2.49. The summed E-state index contributed by atoms with van der Waals surface area (Å²) in [5.74, 6) is 0.604. The number of rotatable bonds is 6. The third kappa shape index (κ3) is 5.63. The minimum Gasteiger partial charge on any atom is -0.372 e. The van der Waals surface area contributed by atoms with E-state index in [9.17, 15) is 9.59 Å². The van der Waals surface area contributed by atoms with Crippen molar-refractivity contribution in [1.82, 2.24) is 14.8 Å². The molecule has 1 aromatic heterocycles. The lowest BCUT2D eigenvalue weighted by atomic mass is 9.95. The van der Waals surface area contributed by atoms with Crippen LogP contribution in [0, 0.1) is 0 Å². The predicted octanol–water partition coefficient (Wildman–Crippen LogP) is 3.82. The molecule has 2 atom stereocenters. The highest BCUT2D eigenvalue weighted by atomic mass is 32.2. The molecule has 2 fully saturated rings. The number of nitrogens with one attached hydrogen (secondary N) is 1. The van der Waals surface area contributed by atoms with Crippen molar-refractivity contribution in [1.29, 1.82) is 0 Å². The lowest BCUT2D eigenvalue weighted by molar-refractivity contribution is -0.143. The van der Waals surface area contributed by atoms with Gasteiger partial charge in [0, 0.05) is 41.1 Å². The van der Waals surface area contributed by atoms with E-state index in [4.69, 9.17) is 4.74 Å². The highest BCUT2D eigenvalue weighted by Gasteiger charge is 2.26. The number of morpholine rings is 1. The van der Waals surface area contributed by atoms with Crippen LogP contribution >= 0.6 is 11.8 Å². The molecule has 1 saturated carbocycles. The molecule has 31 heavy (non-hydrogen) atoms. The average molecular weight is 444 g/mol. The summed E-state index contributed by atoms with van der Waals surface area (Å²) in [6.45, 7) is 5.58. The normalized spacial score (nSPS) is 22.6. The number of amides is 2. The standard InChI is InChI=1S/C24H33N3O3S/c1-17-12-27(13-18(2)30-17)24(29)15-26-14-22(20-10-6-7-11-21(20)26)31-16-23(28)25-19-8-4-3-5-9-19/h6-7,10-11,14,17-19H,3-5,8-9,12-13,15-16H2,1-2H3,(H,25,28). The van der Waals surface area contributed by atoms with Gasteiger partial charge in [0.1, 0.15) is 6.54 Å². The van der Waals surface area contributed by atoms with Gasteiger partial charge < -0.3 is 19.5 Å². The van der Waals surface area contributed by atoms with Crippen LogP contribution in [0.15, 0.2) is 35.4 Å². The van der Waals surface area contributed by atoms with Crippen LogP contribution in [0.1, 0.15) is 46.0 Å². The molecule has 2 aromatic rings. The number of ether oxygens (including phenoxy) is 1. The summed E-state index contributed by atoms with van der Waals surface area (Å²) in [7, 11) is 0. The number of benzene rings is 1. The van der Waals surface area contributed by atoms with Crippen molar-refractivity contribution in [3.63, 3.8) is 0 Å². The van der Waals surface area contributed by atoms with Gasteiger partial charge in [-0.1, -0.05) is 37.5 Å². The third-order valence-corrected chi connectivity index (χ3v) is 7.20. The fourth-order valence-corrected chi connectivity index (χ4v) is 5.65. The monoisotopic (exact) mass is 443 g/mol. The zero-order valence-corrected chi connectivity index (χ0v) is 19.3. The summed E-state index contributed by atoms with van der Waals surface area (Å²) in [4.78, 5) is 28.4. The van der Waals surface area contributed by atoms with Crippen LogP contribution in [0.5, 0.6) is 0 Å². The quantitative estimate of drug-likeness (QED) is 0.690. The van der Waals surface area contributed by atoms with E-state index in [1.165, 1.54) is 19.3 Å². The van der Waals surface area contributed by atoms with E-state index in [1.54, 1.807) is 11.8 Å². The molecule has 0 spiro atoms. The fourth-order valence-electron chi connectivity index (χ4n) is 4.75. The number of carbonyl (C=O) groups is 2. The summed E-state index contributed by atoms with van der Waals surface area (Å²) >= 11 is 1.55. The first-order chi connectivity index (χ1) is 15.0. The second kappa shape index (κ2) is 10.1. The SMILES string of the molecule is CC1CN(C(=O)Cn2cc(SCC(=O)NC3CCCCC3)c3ccccc32)CC(C)O1. The van der Waals surface area contributed by atoms with Gasteiger partial charge in [0.15, 0.2) is 0 Å². The van der Waals surface area contributed by atoms with Crippen LogP contribution in [-0.4, -0.2) is 58.4 Å². The maximum absolute atomic E-state index is 13.0. The summed E-state index contributed by atoms with van der Waals surface area (Å²) in [5, 5.41) is 4.28. The maximum Gasteiger partial charge on any atom is 0.242 e. The van der Waals surface area contributed by atoms with Crippen LogP contribution in [0.2, 0.25) is 0 Å². The van der Waals surface area contributed by atoms with Crippen molar-refractivity contribution >= 4 is 34.5 Å². The first-order valence-electron chi connectivity index (χ1n) is 11.4. The molecule has 2 aliphatic rings. The van der Waals surface area contributed by atoms with Gasteiger partial charge in [-0.05, 0) is 32.8 Å². The van der Waals surface area contributed by atoms with Crippen LogP contribution in [0.3, 0.4) is 0 Å². The van der Waals surface area contributed by atoms with E-state index in [0.29, 0.717) is 31.4 Å². The molecule has 168 valence electrons. The van der Waals surface area contributed by atoms with Crippen molar-refractivity contribution in [3.05, 3.63) is 30.5 Å². The Balaban J connectivity index is 1.42. The Morgan fingerprint density at radius 3 is 2.55 bits per heavy atom. The second-order valence-electron chi connectivity index (χ2n) is 8.89. The Labute approximate surface area is 188 Å². The highest BCUT2D eigenvalue weighted by molar-refractivity contribution is 8.00. The molecule has 0 radical (unpaired) electrons. The molecule has 1 aliphatic carbocycles. The topological polar surface area (TPSA) is 63.6 Å². The number of nitrogens with zero attached hydrogens (tertiary/aromatic N) is 2. The van der Waals surface area contributed by atoms with Gasteiger partial charge in [0.25, 0.3) is 0 Å². The second-order valence-corrected chi connectivity index (χ2v) is 9.90.